The third-order valence-electron chi connectivity index (χ3n) is 6.51. The Labute approximate surface area is 187 Å². The first-order valence-corrected chi connectivity index (χ1v) is 11.1. The van der Waals surface area contributed by atoms with Crippen LogP contribution in [-0.2, 0) is 12.0 Å². The van der Waals surface area contributed by atoms with E-state index in [1.54, 1.807) is 13.8 Å². The van der Waals surface area contributed by atoms with Gasteiger partial charge in [-0.25, -0.2) is 9.97 Å². The topological polar surface area (TPSA) is 77.6 Å². The molecule has 0 bridgehead atoms. The molecule has 0 spiro atoms. The Balaban J connectivity index is 1.77. The number of aromatic nitrogens is 4. The van der Waals surface area contributed by atoms with Crippen molar-refractivity contribution < 1.29 is 5.11 Å². The number of pyridine rings is 1. The van der Waals surface area contributed by atoms with Gasteiger partial charge in [-0.3, -0.25) is 5.10 Å². The summed E-state index contributed by atoms with van der Waals surface area (Å²) in [5, 5.41) is 19.0. The molecule has 32 heavy (non-hydrogen) atoms. The Morgan fingerprint density at radius 3 is 2.38 bits per heavy atom. The molecule has 0 saturated heterocycles. The molecule has 5 nitrogen and oxygen atoms in total. The molecular weight excluding hydrogens is 396 g/mol. The lowest BCUT2D eigenvalue weighted by atomic mass is 9.95. The van der Waals surface area contributed by atoms with Gasteiger partial charge in [-0.15, -0.1) is 0 Å². The molecule has 3 heterocycles. The van der Waals surface area contributed by atoms with Crippen molar-refractivity contribution >= 4 is 21.9 Å². The van der Waals surface area contributed by atoms with Gasteiger partial charge in [0, 0.05) is 22.7 Å². The number of aliphatic hydroxyl groups is 1. The molecule has 162 valence electrons. The molecule has 3 N–H and O–H groups in total. The molecule has 0 fully saturated rings. The van der Waals surface area contributed by atoms with Crippen LogP contribution in [0.25, 0.3) is 44.5 Å². The van der Waals surface area contributed by atoms with Crippen molar-refractivity contribution in [3.05, 3.63) is 70.9 Å². The first-order valence-electron chi connectivity index (χ1n) is 11.1. The first-order chi connectivity index (χ1) is 15.3. The van der Waals surface area contributed by atoms with E-state index in [0.717, 1.165) is 56.4 Å². The number of rotatable bonds is 4. The largest absolute Gasteiger partial charge is 0.386 e. The van der Waals surface area contributed by atoms with Gasteiger partial charge in [0.05, 0.1) is 27.9 Å². The lowest BCUT2D eigenvalue weighted by Gasteiger charge is -2.17. The number of aryl methyl sites for hydroxylation is 2. The molecule has 0 aliphatic heterocycles. The quantitative estimate of drug-likeness (QED) is 0.322. The fourth-order valence-electron chi connectivity index (χ4n) is 4.53. The average molecular weight is 425 g/mol. The van der Waals surface area contributed by atoms with Crippen LogP contribution in [0.1, 0.15) is 43.0 Å². The second-order valence-corrected chi connectivity index (χ2v) is 9.04. The maximum Gasteiger partial charge on any atom is 0.162 e. The van der Waals surface area contributed by atoms with E-state index in [4.69, 9.17) is 9.97 Å². The van der Waals surface area contributed by atoms with Gasteiger partial charge in [-0.2, -0.15) is 0 Å². The maximum atomic E-state index is 10.3. The van der Waals surface area contributed by atoms with Crippen LogP contribution in [0.15, 0.2) is 48.7 Å². The Morgan fingerprint density at radius 1 is 0.969 bits per heavy atom. The van der Waals surface area contributed by atoms with Crippen LogP contribution < -0.4 is 0 Å². The lowest BCUT2D eigenvalue weighted by Crippen LogP contribution is -2.14. The molecule has 0 aliphatic rings. The first kappa shape index (κ1) is 20.5. The highest BCUT2D eigenvalue weighted by molar-refractivity contribution is 6.11. The number of H-pyrrole nitrogens is 2. The zero-order valence-electron chi connectivity index (χ0n) is 19.2. The van der Waals surface area contributed by atoms with Crippen molar-refractivity contribution in [2.75, 3.05) is 0 Å². The van der Waals surface area contributed by atoms with Gasteiger partial charge in [0.15, 0.2) is 5.65 Å². The van der Waals surface area contributed by atoms with Crippen molar-refractivity contribution in [1.82, 2.24) is 20.2 Å². The Bertz CT molecular complexity index is 1450. The summed E-state index contributed by atoms with van der Waals surface area (Å²) in [5.74, 6) is 0. The molecule has 5 aromatic rings. The van der Waals surface area contributed by atoms with E-state index >= 15 is 0 Å². The summed E-state index contributed by atoms with van der Waals surface area (Å²) in [4.78, 5) is 10.1. The van der Waals surface area contributed by atoms with Crippen LogP contribution >= 0.6 is 0 Å². The molecule has 5 heteroatoms. The number of nitrogens with zero attached hydrogens (tertiary/aromatic N) is 2. The van der Waals surface area contributed by atoms with Crippen LogP contribution in [0.5, 0.6) is 0 Å². The van der Waals surface area contributed by atoms with Crippen LogP contribution in [-0.4, -0.2) is 25.3 Å². The van der Waals surface area contributed by atoms with Gasteiger partial charge in [0.1, 0.15) is 0 Å². The van der Waals surface area contributed by atoms with E-state index in [1.165, 1.54) is 16.7 Å². The molecular formula is C27H28N4O. The van der Waals surface area contributed by atoms with Gasteiger partial charge in [0.2, 0.25) is 0 Å². The fourth-order valence-corrected chi connectivity index (χ4v) is 4.53. The van der Waals surface area contributed by atoms with Crippen LogP contribution in [0.4, 0.5) is 0 Å². The van der Waals surface area contributed by atoms with Crippen LogP contribution in [0.2, 0.25) is 0 Å². The zero-order chi connectivity index (χ0) is 22.6. The van der Waals surface area contributed by atoms with Crippen molar-refractivity contribution in [3.8, 4) is 22.5 Å². The molecule has 0 amide bonds. The third-order valence-corrected chi connectivity index (χ3v) is 6.51. The summed E-state index contributed by atoms with van der Waals surface area (Å²) in [6.45, 7) is 10.0. The summed E-state index contributed by atoms with van der Waals surface area (Å²) in [6, 6.07) is 14.4. The number of hydrogen-bond donors (Lipinski definition) is 3. The Hall–Kier alpha value is -3.44. The predicted octanol–water partition coefficient (Wildman–Crippen LogP) is 6.18. The number of nitrogens with one attached hydrogen (secondary N) is 2. The van der Waals surface area contributed by atoms with Gasteiger partial charge >= 0.3 is 0 Å². The normalized spacial score (nSPS) is 12.2. The molecule has 3 aromatic heterocycles. The van der Waals surface area contributed by atoms with Gasteiger partial charge in [0.25, 0.3) is 0 Å². The Morgan fingerprint density at radius 2 is 1.69 bits per heavy atom. The van der Waals surface area contributed by atoms with Crippen LogP contribution in [0, 0.1) is 13.8 Å². The van der Waals surface area contributed by atoms with E-state index in [0.29, 0.717) is 0 Å². The van der Waals surface area contributed by atoms with Gasteiger partial charge < -0.3 is 10.2 Å². The lowest BCUT2D eigenvalue weighted by molar-refractivity contribution is 0.0786. The number of fused-ring (bicyclic) bond motifs is 3. The molecule has 2 aromatic carbocycles. The smallest absolute Gasteiger partial charge is 0.162 e. The van der Waals surface area contributed by atoms with Crippen molar-refractivity contribution in [2.24, 2.45) is 0 Å². The van der Waals surface area contributed by atoms with Crippen molar-refractivity contribution in [3.63, 3.8) is 0 Å². The third kappa shape index (κ3) is 3.12. The van der Waals surface area contributed by atoms with Crippen LogP contribution in [0.3, 0.4) is 0 Å². The molecule has 5 rings (SSSR count). The minimum atomic E-state index is -0.870. The van der Waals surface area contributed by atoms with E-state index in [9.17, 15) is 5.11 Å². The summed E-state index contributed by atoms with van der Waals surface area (Å²) in [6.07, 6.45) is 2.83. The summed E-state index contributed by atoms with van der Waals surface area (Å²) in [7, 11) is 0. The molecule has 0 saturated carbocycles. The molecule has 0 aliphatic carbocycles. The Kier molecular flexibility index (Phi) is 4.68. The minimum absolute atomic E-state index is 0.752. The van der Waals surface area contributed by atoms with Gasteiger partial charge in [-0.05, 0) is 56.4 Å². The number of hydrogen-bond acceptors (Lipinski definition) is 3. The van der Waals surface area contributed by atoms with Crippen molar-refractivity contribution in [2.45, 2.75) is 46.6 Å². The van der Waals surface area contributed by atoms with E-state index in [2.05, 4.69) is 49.2 Å². The maximum absolute atomic E-state index is 10.3. The minimum Gasteiger partial charge on any atom is -0.386 e. The second-order valence-electron chi connectivity index (χ2n) is 9.04. The zero-order valence-corrected chi connectivity index (χ0v) is 19.2. The monoisotopic (exact) mass is 424 g/mol. The number of benzene rings is 2. The molecule has 0 radical (unpaired) electrons. The standard InChI is InChI=1S/C27H28N4O/c1-6-19-22-25-21(14-28-31-25)24(20-9-7-8-15(2)16(20)3)30-26(22)29-23(19)17-10-12-18(13-11-17)27(4,5)32/h7-14,28,31-32H,6H2,1-5H3. The SMILES string of the molecule is CCc1c(-c2ccc(C(C)(C)O)cc2)nc2nc(-c3cccc(C)c3C)c3c[nH][nH]c3c12. The summed E-state index contributed by atoms with van der Waals surface area (Å²) < 4.78 is 0. The fraction of sp³-hybridized carbons (Fsp3) is 0.259. The summed E-state index contributed by atoms with van der Waals surface area (Å²) >= 11 is 0. The summed E-state index contributed by atoms with van der Waals surface area (Å²) in [5.41, 5.74) is 9.50. The van der Waals surface area contributed by atoms with E-state index in [1.807, 2.05) is 30.5 Å². The highest BCUT2D eigenvalue weighted by Gasteiger charge is 2.22. The highest BCUT2D eigenvalue weighted by Crippen LogP contribution is 2.38. The molecule has 0 unspecified atom stereocenters. The highest BCUT2D eigenvalue weighted by atomic mass is 16.3. The van der Waals surface area contributed by atoms with E-state index < -0.39 is 5.60 Å². The van der Waals surface area contributed by atoms with Gasteiger partial charge in [-0.1, -0.05) is 49.4 Å². The van der Waals surface area contributed by atoms with Crippen molar-refractivity contribution in [1.29, 1.82) is 0 Å². The average Bonchev–Trinajstić information content (AvgIpc) is 3.39. The predicted molar refractivity (Wildman–Crippen MR) is 131 cm³/mol. The molecule has 0 atom stereocenters. The second kappa shape index (κ2) is 7.31. The van der Waals surface area contributed by atoms with E-state index in [-0.39, 0.29) is 0 Å². The number of aromatic amines is 2.